The molecule has 0 N–H and O–H groups in total. The molecule has 0 spiro atoms. The average molecular weight is 336 g/mol. The van der Waals surface area contributed by atoms with E-state index in [2.05, 4.69) is 20.9 Å². The third-order valence-electron chi connectivity index (χ3n) is 2.97. The van der Waals surface area contributed by atoms with Crippen molar-refractivity contribution in [2.45, 2.75) is 26.1 Å². The molecular formula is C13H13BrF3NO. The van der Waals surface area contributed by atoms with E-state index in [0.29, 0.717) is 28.5 Å². The molecule has 2 nitrogen and oxygen atoms in total. The Kier molecular flexibility index (Phi) is 3.90. The van der Waals surface area contributed by atoms with Gasteiger partial charge in [-0.2, -0.15) is 13.2 Å². The average Bonchev–Trinajstić information content (AvgIpc) is 2.76. The monoisotopic (exact) mass is 335 g/mol. The molecule has 1 atom stereocenters. The van der Waals surface area contributed by atoms with Crippen LogP contribution in [0.1, 0.15) is 25.0 Å². The number of benzene rings is 1. The first-order valence-electron chi connectivity index (χ1n) is 5.86. The molecule has 104 valence electrons. The highest BCUT2D eigenvalue weighted by atomic mass is 79.9. The molecule has 0 fully saturated rings. The molecular weight excluding hydrogens is 323 g/mol. The molecule has 0 bridgehead atoms. The van der Waals surface area contributed by atoms with Crippen LogP contribution < -0.4 is 0 Å². The highest BCUT2D eigenvalue weighted by Gasteiger charge is 2.32. The second kappa shape index (κ2) is 5.15. The van der Waals surface area contributed by atoms with Gasteiger partial charge in [0.05, 0.1) is 17.2 Å². The van der Waals surface area contributed by atoms with Crippen molar-refractivity contribution in [3.8, 4) is 0 Å². The minimum atomic E-state index is -4.35. The number of aliphatic imine (C=N–C) groups is 1. The van der Waals surface area contributed by atoms with Crippen molar-refractivity contribution in [1.29, 1.82) is 0 Å². The molecule has 19 heavy (non-hydrogen) atoms. The van der Waals surface area contributed by atoms with Crippen LogP contribution in [-0.2, 0) is 10.9 Å². The maximum atomic E-state index is 12.6. The van der Waals surface area contributed by atoms with Gasteiger partial charge in [-0.05, 0) is 40.0 Å². The minimum Gasteiger partial charge on any atom is -0.475 e. The van der Waals surface area contributed by atoms with Gasteiger partial charge in [-0.1, -0.05) is 13.8 Å². The lowest BCUT2D eigenvalue weighted by molar-refractivity contribution is -0.137. The van der Waals surface area contributed by atoms with Crippen LogP contribution in [0.4, 0.5) is 13.2 Å². The van der Waals surface area contributed by atoms with Gasteiger partial charge < -0.3 is 4.74 Å². The maximum absolute atomic E-state index is 12.6. The van der Waals surface area contributed by atoms with E-state index in [-0.39, 0.29) is 6.04 Å². The van der Waals surface area contributed by atoms with Gasteiger partial charge in [0, 0.05) is 4.47 Å². The van der Waals surface area contributed by atoms with Crippen molar-refractivity contribution in [2.24, 2.45) is 10.9 Å². The summed E-state index contributed by atoms with van der Waals surface area (Å²) < 4.78 is 43.5. The summed E-state index contributed by atoms with van der Waals surface area (Å²) in [4.78, 5) is 4.39. The number of halogens is 4. The zero-order valence-corrected chi connectivity index (χ0v) is 12.0. The molecule has 6 heteroatoms. The van der Waals surface area contributed by atoms with Gasteiger partial charge in [-0.3, -0.25) is 0 Å². The van der Waals surface area contributed by atoms with Gasteiger partial charge in [-0.25, -0.2) is 4.99 Å². The molecule has 0 saturated carbocycles. The van der Waals surface area contributed by atoms with E-state index in [9.17, 15) is 13.2 Å². The molecule has 1 aliphatic heterocycles. The third kappa shape index (κ3) is 3.11. The normalized spacial score (nSPS) is 19.5. The van der Waals surface area contributed by atoms with Gasteiger partial charge in [0.1, 0.15) is 6.61 Å². The Hall–Kier alpha value is -1.04. The summed E-state index contributed by atoms with van der Waals surface area (Å²) in [5.41, 5.74) is -0.140. The number of rotatable bonds is 2. The molecule has 0 saturated heterocycles. The second-order valence-electron chi connectivity index (χ2n) is 4.75. The summed E-state index contributed by atoms with van der Waals surface area (Å²) in [7, 11) is 0. The topological polar surface area (TPSA) is 21.6 Å². The van der Waals surface area contributed by atoms with Gasteiger partial charge in [0.2, 0.25) is 5.90 Å². The number of ether oxygens (including phenoxy) is 1. The summed E-state index contributed by atoms with van der Waals surface area (Å²) in [5.74, 6) is 0.741. The summed E-state index contributed by atoms with van der Waals surface area (Å²) in [6, 6.07) is 3.52. The molecule has 0 aliphatic carbocycles. The summed E-state index contributed by atoms with van der Waals surface area (Å²) in [5, 5.41) is 0. The van der Waals surface area contributed by atoms with E-state index >= 15 is 0 Å². The fraction of sp³-hybridized carbons (Fsp3) is 0.462. The first-order valence-corrected chi connectivity index (χ1v) is 6.66. The molecule has 1 aromatic carbocycles. The first kappa shape index (κ1) is 14.4. The van der Waals surface area contributed by atoms with E-state index in [1.165, 1.54) is 6.07 Å². The van der Waals surface area contributed by atoms with E-state index in [4.69, 9.17) is 4.74 Å². The molecule has 1 aliphatic rings. The van der Waals surface area contributed by atoms with Crippen LogP contribution >= 0.6 is 15.9 Å². The SMILES string of the molecule is CC(C)C1COC(c2ccc(C(F)(F)F)cc2Br)=N1. The predicted molar refractivity (Wildman–Crippen MR) is 70.3 cm³/mol. The molecule has 2 rings (SSSR count). The standard InChI is InChI=1S/C13H13BrF3NO/c1-7(2)11-6-19-12(18-11)9-4-3-8(5-10(9)14)13(15,16)17/h3-5,7,11H,6H2,1-2H3. The smallest absolute Gasteiger partial charge is 0.416 e. The number of hydrogen-bond acceptors (Lipinski definition) is 2. The molecule has 1 unspecified atom stereocenters. The lowest BCUT2D eigenvalue weighted by Crippen LogP contribution is -2.13. The number of alkyl halides is 3. The Labute approximate surface area is 117 Å². The lowest BCUT2D eigenvalue weighted by atomic mass is 10.1. The van der Waals surface area contributed by atoms with Crippen molar-refractivity contribution in [1.82, 2.24) is 0 Å². The van der Waals surface area contributed by atoms with E-state index < -0.39 is 11.7 Å². The Morgan fingerprint density at radius 2 is 2.05 bits per heavy atom. The Morgan fingerprint density at radius 1 is 1.37 bits per heavy atom. The van der Waals surface area contributed by atoms with Gasteiger partial charge in [-0.15, -0.1) is 0 Å². The molecule has 0 radical (unpaired) electrons. The maximum Gasteiger partial charge on any atom is 0.416 e. The Balaban J connectivity index is 2.30. The largest absolute Gasteiger partial charge is 0.475 e. The number of nitrogens with zero attached hydrogens (tertiary/aromatic N) is 1. The van der Waals surface area contributed by atoms with Gasteiger partial charge >= 0.3 is 6.18 Å². The fourth-order valence-electron chi connectivity index (χ4n) is 1.74. The van der Waals surface area contributed by atoms with E-state index in [1.54, 1.807) is 0 Å². The van der Waals surface area contributed by atoms with Crippen molar-refractivity contribution in [2.75, 3.05) is 6.61 Å². The van der Waals surface area contributed by atoms with Gasteiger partial charge in [0.25, 0.3) is 0 Å². The van der Waals surface area contributed by atoms with E-state index in [0.717, 1.165) is 12.1 Å². The lowest BCUT2D eigenvalue weighted by Gasteiger charge is -2.09. The van der Waals surface area contributed by atoms with Crippen LogP contribution in [0.15, 0.2) is 27.7 Å². The van der Waals surface area contributed by atoms with Crippen LogP contribution in [0.2, 0.25) is 0 Å². The quantitative estimate of drug-likeness (QED) is 0.790. The van der Waals surface area contributed by atoms with Crippen LogP contribution in [0.25, 0.3) is 0 Å². The van der Waals surface area contributed by atoms with Crippen LogP contribution in [-0.4, -0.2) is 18.5 Å². The third-order valence-corrected chi connectivity index (χ3v) is 3.63. The summed E-state index contributed by atoms with van der Waals surface area (Å²) in [6.45, 7) is 4.53. The zero-order valence-electron chi connectivity index (χ0n) is 10.5. The second-order valence-corrected chi connectivity index (χ2v) is 5.60. The molecule has 0 amide bonds. The van der Waals surface area contributed by atoms with Crippen LogP contribution in [0.3, 0.4) is 0 Å². The van der Waals surface area contributed by atoms with E-state index in [1.807, 2.05) is 13.8 Å². The summed E-state index contributed by atoms with van der Waals surface area (Å²) >= 11 is 3.15. The first-order chi connectivity index (χ1) is 8.79. The highest BCUT2D eigenvalue weighted by molar-refractivity contribution is 9.10. The fourth-order valence-corrected chi connectivity index (χ4v) is 2.29. The van der Waals surface area contributed by atoms with Crippen LogP contribution in [0.5, 0.6) is 0 Å². The Morgan fingerprint density at radius 3 is 2.53 bits per heavy atom. The Bertz CT molecular complexity index is 511. The highest BCUT2D eigenvalue weighted by Crippen LogP contribution is 2.33. The van der Waals surface area contributed by atoms with Crippen molar-refractivity contribution in [3.63, 3.8) is 0 Å². The molecule has 1 aromatic rings. The van der Waals surface area contributed by atoms with Crippen molar-refractivity contribution >= 4 is 21.8 Å². The summed E-state index contributed by atoms with van der Waals surface area (Å²) in [6.07, 6.45) is -4.35. The minimum absolute atomic E-state index is 0.0594. The zero-order chi connectivity index (χ0) is 14.2. The predicted octanol–water partition coefficient (Wildman–Crippen LogP) is 4.27. The number of hydrogen-bond donors (Lipinski definition) is 0. The van der Waals surface area contributed by atoms with Crippen LogP contribution in [0, 0.1) is 5.92 Å². The molecule has 1 heterocycles. The molecule has 0 aromatic heterocycles. The van der Waals surface area contributed by atoms with Gasteiger partial charge in [0.15, 0.2) is 0 Å². The van der Waals surface area contributed by atoms with Crippen molar-refractivity contribution in [3.05, 3.63) is 33.8 Å². The van der Waals surface area contributed by atoms with Crippen molar-refractivity contribution < 1.29 is 17.9 Å².